The summed E-state index contributed by atoms with van der Waals surface area (Å²) in [5.41, 5.74) is 0.274. The Morgan fingerprint density at radius 3 is 2.21 bits per heavy atom. The lowest BCUT2D eigenvalue weighted by Crippen LogP contribution is -2.60. The lowest BCUT2D eigenvalue weighted by Gasteiger charge is -2.57. The third-order valence-corrected chi connectivity index (χ3v) is 7.07. The maximum Gasteiger partial charge on any atom is 0.224 e. The quantitative estimate of drug-likeness (QED) is 0.737. The molecule has 1 aromatic carbocycles. The summed E-state index contributed by atoms with van der Waals surface area (Å²) in [4.78, 5) is 25.5. The molecule has 0 heterocycles. The van der Waals surface area contributed by atoms with Gasteiger partial charge >= 0.3 is 0 Å². The molecule has 4 aliphatic carbocycles. The summed E-state index contributed by atoms with van der Waals surface area (Å²) < 4.78 is 5.33. The van der Waals surface area contributed by atoms with Gasteiger partial charge in [0, 0.05) is 23.1 Å². The molecule has 0 atom stereocenters. The number of carbonyl (C=O) groups excluding carboxylic acids is 2. The van der Waals surface area contributed by atoms with Crippen molar-refractivity contribution < 1.29 is 14.3 Å². The number of methoxy groups -OCH3 is 1. The number of para-hydroxylation sites is 1. The molecule has 4 fully saturated rings. The second kappa shape index (κ2) is 7.66. The molecule has 0 unspecified atom stereocenters. The van der Waals surface area contributed by atoms with E-state index in [1.165, 1.54) is 19.3 Å². The SMILES string of the molecule is COc1ccccc1CC(=O)NC(C)(C)CC(=O)NC12CC3CC(CC(C3)C1)C2. The average molecular weight is 399 g/mol. The van der Waals surface area contributed by atoms with Crippen molar-refractivity contribution in [3.05, 3.63) is 29.8 Å². The Balaban J connectivity index is 1.32. The highest BCUT2D eigenvalue weighted by Crippen LogP contribution is 2.55. The summed E-state index contributed by atoms with van der Waals surface area (Å²) in [5, 5.41) is 6.45. The molecule has 0 aromatic heterocycles. The van der Waals surface area contributed by atoms with Crippen molar-refractivity contribution in [1.29, 1.82) is 0 Å². The van der Waals surface area contributed by atoms with Gasteiger partial charge in [-0.2, -0.15) is 0 Å². The lowest BCUT2D eigenvalue weighted by molar-refractivity contribution is -0.128. The molecule has 5 nitrogen and oxygen atoms in total. The zero-order chi connectivity index (χ0) is 20.6. The first kappa shape index (κ1) is 20.2. The van der Waals surface area contributed by atoms with Crippen molar-refractivity contribution >= 4 is 11.8 Å². The van der Waals surface area contributed by atoms with E-state index in [-0.39, 0.29) is 23.8 Å². The van der Waals surface area contributed by atoms with Gasteiger partial charge in [-0.15, -0.1) is 0 Å². The molecule has 0 saturated heterocycles. The molecule has 5 heteroatoms. The summed E-state index contributed by atoms with van der Waals surface area (Å²) >= 11 is 0. The van der Waals surface area contributed by atoms with E-state index in [0.717, 1.165) is 42.6 Å². The number of ether oxygens (including phenoxy) is 1. The fourth-order valence-electron chi connectivity index (χ4n) is 6.49. The van der Waals surface area contributed by atoms with Crippen molar-refractivity contribution in [3.63, 3.8) is 0 Å². The van der Waals surface area contributed by atoms with Crippen molar-refractivity contribution in [2.24, 2.45) is 17.8 Å². The van der Waals surface area contributed by atoms with E-state index >= 15 is 0 Å². The van der Waals surface area contributed by atoms with Crippen LogP contribution in [-0.4, -0.2) is 30.0 Å². The molecule has 0 aliphatic heterocycles. The van der Waals surface area contributed by atoms with E-state index in [1.807, 2.05) is 38.1 Å². The van der Waals surface area contributed by atoms with Gasteiger partial charge in [0.1, 0.15) is 5.75 Å². The van der Waals surface area contributed by atoms with Crippen molar-refractivity contribution in [1.82, 2.24) is 10.6 Å². The third-order valence-electron chi connectivity index (χ3n) is 7.07. The molecule has 5 rings (SSSR count). The zero-order valence-corrected chi connectivity index (χ0v) is 17.9. The highest BCUT2D eigenvalue weighted by atomic mass is 16.5. The van der Waals surface area contributed by atoms with Gasteiger partial charge in [0.25, 0.3) is 0 Å². The molecule has 0 radical (unpaired) electrons. The van der Waals surface area contributed by atoms with Crippen LogP contribution in [0.15, 0.2) is 24.3 Å². The molecule has 1 aromatic rings. The van der Waals surface area contributed by atoms with Crippen molar-refractivity contribution in [2.75, 3.05) is 7.11 Å². The third kappa shape index (κ3) is 4.59. The fraction of sp³-hybridized carbons (Fsp3) is 0.667. The van der Waals surface area contributed by atoms with Crippen LogP contribution in [0.4, 0.5) is 0 Å². The second-order valence-corrected chi connectivity index (χ2v) is 10.3. The highest BCUT2D eigenvalue weighted by Gasteiger charge is 2.51. The van der Waals surface area contributed by atoms with Crippen LogP contribution in [0.3, 0.4) is 0 Å². The standard InChI is InChI=1S/C24H34N2O3/c1-23(2,25-21(27)11-19-6-4-5-7-20(19)29-3)15-22(28)26-24-12-16-8-17(13-24)10-18(9-16)14-24/h4-7,16-18H,8-15H2,1-3H3,(H,25,27)(H,26,28). The molecule has 4 bridgehead atoms. The van der Waals surface area contributed by atoms with Crippen LogP contribution in [0.5, 0.6) is 5.75 Å². The number of nitrogens with one attached hydrogen (secondary N) is 2. The second-order valence-electron chi connectivity index (χ2n) is 10.3. The van der Waals surface area contributed by atoms with Crippen molar-refractivity contribution in [3.8, 4) is 5.75 Å². The topological polar surface area (TPSA) is 67.4 Å². The number of hydrogen-bond donors (Lipinski definition) is 2. The maximum absolute atomic E-state index is 12.9. The van der Waals surface area contributed by atoms with Gasteiger partial charge < -0.3 is 15.4 Å². The van der Waals surface area contributed by atoms with E-state index in [1.54, 1.807) is 7.11 Å². The molecule has 4 saturated carbocycles. The Morgan fingerprint density at radius 1 is 1.03 bits per heavy atom. The van der Waals surface area contributed by atoms with Crippen LogP contribution in [-0.2, 0) is 16.0 Å². The van der Waals surface area contributed by atoms with Gasteiger partial charge in [-0.1, -0.05) is 18.2 Å². The predicted octanol–water partition coefficient (Wildman–Crippen LogP) is 3.61. The number of carbonyl (C=O) groups is 2. The molecule has 158 valence electrons. The summed E-state index contributed by atoms with van der Waals surface area (Å²) in [5.74, 6) is 3.08. The average Bonchev–Trinajstić information content (AvgIpc) is 2.59. The van der Waals surface area contributed by atoms with E-state index in [0.29, 0.717) is 12.2 Å². The zero-order valence-electron chi connectivity index (χ0n) is 17.9. The predicted molar refractivity (Wildman–Crippen MR) is 113 cm³/mol. The molecule has 2 amide bonds. The van der Waals surface area contributed by atoms with Crippen molar-refractivity contribution in [2.45, 2.75) is 76.3 Å². The van der Waals surface area contributed by atoms with Gasteiger partial charge in [-0.3, -0.25) is 9.59 Å². The first-order valence-electron chi connectivity index (χ1n) is 11.0. The Hall–Kier alpha value is -2.04. The number of amides is 2. The van der Waals surface area contributed by atoms with Crippen LogP contribution >= 0.6 is 0 Å². The van der Waals surface area contributed by atoms with Crippen LogP contribution in [0.25, 0.3) is 0 Å². The van der Waals surface area contributed by atoms with Crippen LogP contribution < -0.4 is 15.4 Å². The summed E-state index contributed by atoms with van der Waals surface area (Å²) in [6.07, 6.45) is 8.05. The number of hydrogen-bond acceptors (Lipinski definition) is 3. The van der Waals surface area contributed by atoms with Gasteiger partial charge in [-0.05, 0) is 76.2 Å². The van der Waals surface area contributed by atoms with Crippen LogP contribution in [0.2, 0.25) is 0 Å². The molecule has 0 spiro atoms. The van der Waals surface area contributed by atoms with E-state index < -0.39 is 5.54 Å². The van der Waals surface area contributed by atoms with E-state index in [9.17, 15) is 9.59 Å². The lowest BCUT2D eigenvalue weighted by atomic mass is 9.53. The molecular formula is C24H34N2O3. The van der Waals surface area contributed by atoms with Gasteiger partial charge in [0.05, 0.1) is 13.5 Å². The Morgan fingerprint density at radius 2 is 1.62 bits per heavy atom. The monoisotopic (exact) mass is 398 g/mol. The fourth-order valence-corrected chi connectivity index (χ4v) is 6.49. The first-order valence-corrected chi connectivity index (χ1v) is 11.0. The minimum atomic E-state index is -0.592. The number of rotatable bonds is 7. The smallest absolute Gasteiger partial charge is 0.224 e. The van der Waals surface area contributed by atoms with E-state index in [4.69, 9.17) is 4.74 Å². The Kier molecular flexibility index (Phi) is 5.34. The summed E-state index contributed by atoms with van der Waals surface area (Å²) in [7, 11) is 1.61. The molecule has 29 heavy (non-hydrogen) atoms. The van der Waals surface area contributed by atoms with Gasteiger partial charge in [-0.25, -0.2) is 0 Å². The Labute approximate surface area is 174 Å². The minimum absolute atomic E-state index is 0.0172. The largest absolute Gasteiger partial charge is 0.496 e. The summed E-state index contributed by atoms with van der Waals surface area (Å²) in [6, 6.07) is 7.53. The van der Waals surface area contributed by atoms with Gasteiger partial charge in [0.2, 0.25) is 11.8 Å². The maximum atomic E-state index is 12.9. The molecule has 4 aliphatic rings. The molecular weight excluding hydrogens is 364 g/mol. The molecule has 2 N–H and O–H groups in total. The van der Waals surface area contributed by atoms with Crippen LogP contribution in [0, 0.1) is 17.8 Å². The summed E-state index contributed by atoms with van der Waals surface area (Å²) in [6.45, 7) is 3.85. The highest BCUT2D eigenvalue weighted by molar-refractivity contribution is 5.82. The Bertz CT molecular complexity index is 751. The first-order chi connectivity index (χ1) is 13.8. The number of benzene rings is 1. The van der Waals surface area contributed by atoms with Crippen LogP contribution in [0.1, 0.15) is 64.4 Å². The van der Waals surface area contributed by atoms with E-state index in [2.05, 4.69) is 10.6 Å². The van der Waals surface area contributed by atoms with Gasteiger partial charge in [0.15, 0.2) is 0 Å². The minimum Gasteiger partial charge on any atom is -0.496 e. The normalized spacial score (nSPS) is 30.1.